The van der Waals surface area contributed by atoms with Crippen LogP contribution in [0, 0.1) is 0 Å². The third kappa shape index (κ3) is 8.50. The minimum Gasteiger partial charge on any atom is -0.490 e. The van der Waals surface area contributed by atoms with Crippen LogP contribution in [0.2, 0.25) is 0 Å². The molecule has 0 aliphatic heterocycles. The van der Waals surface area contributed by atoms with Gasteiger partial charge in [0.05, 0.1) is 12.4 Å². The van der Waals surface area contributed by atoms with Gasteiger partial charge in [0, 0.05) is 0 Å². The summed E-state index contributed by atoms with van der Waals surface area (Å²) in [5, 5.41) is 8.25. The third-order valence-corrected chi connectivity index (χ3v) is 4.28. The van der Waals surface area contributed by atoms with E-state index in [0.29, 0.717) is 6.61 Å². The Morgan fingerprint density at radius 1 is 0.815 bits per heavy atom. The third-order valence-electron chi connectivity index (χ3n) is 4.28. The van der Waals surface area contributed by atoms with Crippen LogP contribution in [-0.2, 0) is 6.42 Å². The van der Waals surface area contributed by atoms with E-state index in [1.807, 2.05) is 24.3 Å². The van der Waals surface area contributed by atoms with Gasteiger partial charge in [-0.15, -0.1) is 0 Å². The number of ether oxygens (including phenoxy) is 1. The van der Waals surface area contributed by atoms with Gasteiger partial charge in [-0.3, -0.25) is 0 Å². The molecule has 0 bridgehead atoms. The second-order valence-electron chi connectivity index (χ2n) is 6.56. The molecule has 0 N–H and O–H groups in total. The molecule has 0 unspecified atom stereocenters. The molecule has 3 heteroatoms. The Hall–Kier alpha value is -2.68. The van der Waals surface area contributed by atoms with Crippen molar-refractivity contribution >= 4 is 12.4 Å². The summed E-state index contributed by atoms with van der Waals surface area (Å²) in [6, 6.07) is 16.3. The zero-order chi connectivity index (χ0) is 19.2. The average Bonchev–Trinajstić information content (AvgIpc) is 2.71. The molecule has 0 fully saturated rings. The van der Waals surface area contributed by atoms with Crippen molar-refractivity contribution in [3.63, 3.8) is 0 Å². The van der Waals surface area contributed by atoms with Gasteiger partial charge in [0.1, 0.15) is 12.4 Å². The number of aryl methyl sites for hydroxylation is 1. The predicted octanol–water partition coefficient (Wildman–Crippen LogP) is 6.22. The molecule has 0 radical (unpaired) electrons. The zero-order valence-corrected chi connectivity index (χ0v) is 16.3. The predicted molar refractivity (Wildman–Crippen MR) is 116 cm³/mol. The molecule has 2 rings (SSSR count). The number of benzene rings is 2. The van der Waals surface area contributed by atoms with Crippen LogP contribution in [0.5, 0.6) is 5.75 Å². The summed E-state index contributed by atoms with van der Waals surface area (Å²) < 4.78 is 5.45. The van der Waals surface area contributed by atoms with E-state index in [2.05, 4.69) is 48.0 Å². The summed E-state index contributed by atoms with van der Waals surface area (Å²) >= 11 is 0. The second-order valence-corrected chi connectivity index (χ2v) is 6.56. The molecule has 0 spiro atoms. The van der Waals surface area contributed by atoms with Crippen LogP contribution in [0.3, 0.4) is 0 Å². The number of rotatable bonds is 12. The number of hydrogen-bond donors (Lipinski definition) is 0. The molecule has 0 aliphatic rings. The molecule has 2 aromatic rings. The van der Waals surface area contributed by atoms with E-state index < -0.39 is 0 Å². The molecule has 0 atom stereocenters. The fourth-order valence-corrected chi connectivity index (χ4v) is 2.71. The lowest BCUT2D eigenvalue weighted by Crippen LogP contribution is -1.92. The highest BCUT2D eigenvalue weighted by Gasteiger charge is 1.95. The Bertz CT molecular complexity index is 715. The van der Waals surface area contributed by atoms with Gasteiger partial charge in [0.15, 0.2) is 0 Å². The molecule has 0 amide bonds. The van der Waals surface area contributed by atoms with Gasteiger partial charge >= 0.3 is 0 Å². The quantitative estimate of drug-likeness (QED) is 0.191. The lowest BCUT2D eigenvalue weighted by molar-refractivity contribution is 0.363. The van der Waals surface area contributed by atoms with E-state index in [9.17, 15) is 0 Å². The van der Waals surface area contributed by atoms with E-state index >= 15 is 0 Å². The molecule has 3 nitrogen and oxygen atoms in total. The fourth-order valence-electron chi connectivity index (χ4n) is 2.71. The van der Waals surface area contributed by atoms with E-state index in [-0.39, 0.29) is 0 Å². The first-order valence-electron chi connectivity index (χ1n) is 9.81. The van der Waals surface area contributed by atoms with Gasteiger partial charge < -0.3 is 4.74 Å². The van der Waals surface area contributed by atoms with Crippen molar-refractivity contribution in [1.29, 1.82) is 0 Å². The molecule has 0 heterocycles. The van der Waals surface area contributed by atoms with Crippen LogP contribution in [0.4, 0.5) is 0 Å². The van der Waals surface area contributed by atoms with E-state index in [1.54, 1.807) is 18.5 Å². The summed E-state index contributed by atoms with van der Waals surface area (Å²) in [6.07, 6.45) is 13.0. The first-order valence-corrected chi connectivity index (χ1v) is 9.81. The van der Waals surface area contributed by atoms with Gasteiger partial charge in [-0.1, -0.05) is 69.5 Å². The van der Waals surface area contributed by atoms with Crippen LogP contribution in [0.15, 0.2) is 71.4 Å². The average molecular weight is 363 g/mol. The highest BCUT2D eigenvalue weighted by atomic mass is 16.5. The molecule has 2 aromatic carbocycles. The van der Waals surface area contributed by atoms with E-state index in [1.165, 1.54) is 37.7 Å². The topological polar surface area (TPSA) is 34.0 Å². The second kappa shape index (κ2) is 12.6. The standard InChI is InChI=1S/C24H30N2O/c1-3-5-6-7-8-9-21-10-12-22(13-11-21)19-25-26-20-23-14-16-24(17-15-23)27-18-4-2/h4,10-17,19-20H,2-3,5-9,18H2,1H3/b25-19+,26-20+. The van der Waals surface area contributed by atoms with Gasteiger partial charge in [-0.2, -0.15) is 10.2 Å². The molecule has 0 aliphatic carbocycles. The summed E-state index contributed by atoms with van der Waals surface area (Å²) in [7, 11) is 0. The van der Waals surface area contributed by atoms with Crippen LogP contribution in [-0.4, -0.2) is 19.0 Å². The molecular formula is C24H30N2O. The highest BCUT2D eigenvalue weighted by Crippen LogP contribution is 2.11. The zero-order valence-electron chi connectivity index (χ0n) is 16.3. The summed E-state index contributed by atoms with van der Waals surface area (Å²) in [5.41, 5.74) is 3.44. The molecule has 27 heavy (non-hydrogen) atoms. The van der Waals surface area contributed by atoms with E-state index in [4.69, 9.17) is 4.74 Å². The summed E-state index contributed by atoms with van der Waals surface area (Å²) in [4.78, 5) is 0. The minimum atomic E-state index is 0.509. The number of hydrogen-bond acceptors (Lipinski definition) is 3. The number of nitrogens with zero attached hydrogens (tertiary/aromatic N) is 2. The van der Waals surface area contributed by atoms with Crippen molar-refractivity contribution in [2.75, 3.05) is 6.61 Å². The normalized spacial score (nSPS) is 11.3. The van der Waals surface area contributed by atoms with Gasteiger partial charge in [-0.25, -0.2) is 0 Å². The number of unbranched alkanes of at least 4 members (excludes halogenated alkanes) is 4. The Labute approximate surface area is 163 Å². The SMILES string of the molecule is C=CCOc1ccc(/C=N/N=C/c2ccc(CCCCCCC)cc2)cc1. The first-order chi connectivity index (χ1) is 13.3. The highest BCUT2D eigenvalue weighted by molar-refractivity contribution is 5.82. The maximum atomic E-state index is 5.45. The summed E-state index contributed by atoms with van der Waals surface area (Å²) in [6.45, 7) is 6.39. The molecule has 0 aromatic heterocycles. The molecule has 142 valence electrons. The van der Waals surface area contributed by atoms with Crippen LogP contribution < -0.4 is 4.74 Å². The Kier molecular flexibility index (Phi) is 9.66. The maximum absolute atomic E-state index is 5.45. The van der Waals surface area contributed by atoms with Crippen molar-refractivity contribution in [3.05, 3.63) is 77.9 Å². The van der Waals surface area contributed by atoms with Crippen LogP contribution >= 0.6 is 0 Å². The monoisotopic (exact) mass is 362 g/mol. The van der Waals surface area contributed by atoms with Crippen molar-refractivity contribution in [3.8, 4) is 5.75 Å². The Morgan fingerprint density at radius 2 is 1.41 bits per heavy atom. The maximum Gasteiger partial charge on any atom is 0.119 e. The molecular weight excluding hydrogens is 332 g/mol. The van der Waals surface area contributed by atoms with E-state index in [0.717, 1.165) is 23.3 Å². The van der Waals surface area contributed by atoms with Gasteiger partial charge in [0.2, 0.25) is 0 Å². The largest absolute Gasteiger partial charge is 0.490 e. The smallest absolute Gasteiger partial charge is 0.119 e. The van der Waals surface area contributed by atoms with Crippen molar-refractivity contribution in [2.24, 2.45) is 10.2 Å². The van der Waals surface area contributed by atoms with Gasteiger partial charge in [-0.05, 0) is 53.8 Å². The lowest BCUT2D eigenvalue weighted by Gasteiger charge is -2.02. The summed E-state index contributed by atoms with van der Waals surface area (Å²) in [5.74, 6) is 0.820. The van der Waals surface area contributed by atoms with Gasteiger partial charge in [0.25, 0.3) is 0 Å². The van der Waals surface area contributed by atoms with Crippen molar-refractivity contribution in [1.82, 2.24) is 0 Å². The van der Waals surface area contributed by atoms with Crippen molar-refractivity contribution in [2.45, 2.75) is 45.4 Å². The first kappa shape index (κ1) is 20.6. The van der Waals surface area contributed by atoms with Crippen molar-refractivity contribution < 1.29 is 4.74 Å². The molecule has 0 saturated carbocycles. The lowest BCUT2D eigenvalue weighted by atomic mass is 10.0. The fraction of sp³-hybridized carbons (Fsp3) is 0.333. The Balaban J connectivity index is 1.76. The minimum absolute atomic E-state index is 0.509. The van der Waals surface area contributed by atoms with Crippen LogP contribution in [0.25, 0.3) is 0 Å². The molecule has 0 saturated heterocycles. The van der Waals surface area contributed by atoms with Crippen LogP contribution in [0.1, 0.15) is 55.7 Å². The Morgan fingerprint density at radius 3 is 2.00 bits per heavy atom.